The molecule has 0 aliphatic carbocycles. The van der Waals surface area contributed by atoms with E-state index in [9.17, 15) is 4.79 Å². The van der Waals surface area contributed by atoms with Crippen molar-refractivity contribution < 1.29 is 4.79 Å². The van der Waals surface area contributed by atoms with Crippen LogP contribution in [0.3, 0.4) is 0 Å². The van der Waals surface area contributed by atoms with Gasteiger partial charge in [-0.3, -0.25) is 4.79 Å². The van der Waals surface area contributed by atoms with E-state index in [1.807, 2.05) is 6.92 Å². The maximum atomic E-state index is 12.1. The molecular weight excluding hydrogens is 294 g/mol. The molecular formula is C14H22ClN3OS. The van der Waals surface area contributed by atoms with Gasteiger partial charge in [-0.1, -0.05) is 18.5 Å². The number of hydrogen-bond acceptors (Lipinski definition) is 4. The van der Waals surface area contributed by atoms with Gasteiger partial charge in [0.1, 0.15) is 5.82 Å². The zero-order valence-corrected chi connectivity index (χ0v) is 13.8. The molecule has 0 aromatic carbocycles. The average Bonchev–Trinajstić information content (AvgIpc) is 2.43. The van der Waals surface area contributed by atoms with Gasteiger partial charge in [-0.2, -0.15) is 11.8 Å². The lowest BCUT2D eigenvalue weighted by Crippen LogP contribution is -2.33. The Morgan fingerprint density at radius 1 is 1.55 bits per heavy atom. The maximum absolute atomic E-state index is 12.1. The predicted molar refractivity (Wildman–Crippen MR) is 88.0 cm³/mol. The molecule has 0 radical (unpaired) electrons. The summed E-state index contributed by atoms with van der Waals surface area (Å²) in [5, 5.41) is 6.54. The van der Waals surface area contributed by atoms with E-state index in [1.54, 1.807) is 24.0 Å². The van der Waals surface area contributed by atoms with Crippen LogP contribution in [0.15, 0.2) is 12.3 Å². The number of amides is 1. The maximum Gasteiger partial charge on any atom is 0.253 e. The Balaban J connectivity index is 2.62. The van der Waals surface area contributed by atoms with Crippen LogP contribution in [0, 0.1) is 0 Å². The Labute approximate surface area is 130 Å². The normalized spacial score (nSPS) is 12.0. The molecule has 0 aliphatic rings. The number of aromatic nitrogens is 1. The second-order valence-electron chi connectivity index (χ2n) is 4.64. The first-order chi connectivity index (χ1) is 9.58. The summed E-state index contributed by atoms with van der Waals surface area (Å²) in [6, 6.07) is 1.80. The molecule has 1 rings (SSSR count). The number of thioether (sulfide) groups is 1. The molecule has 112 valence electrons. The van der Waals surface area contributed by atoms with Gasteiger partial charge in [0.2, 0.25) is 0 Å². The largest absolute Gasteiger partial charge is 0.369 e. The molecule has 0 bridgehead atoms. The van der Waals surface area contributed by atoms with E-state index in [4.69, 9.17) is 11.6 Å². The second-order valence-corrected chi connectivity index (χ2v) is 6.03. The van der Waals surface area contributed by atoms with E-state index in [2.05, 4.69) is 28.8 Å². The molecule has 0 aliphatic heterocycles. The lowest BCUT2D eigenvalue weighted by Gasteiger charge is -2.13. The first-order valence-corrected chi connectivity index (χ1v) is 8.54. The number of halogens is 1. The van der Waals surface area contributed by atoms with Crippen LogP contribution in [0.1, 0.15) is 37.0 Å². The van der Waals surface area contributed by atoms with Gasteiger partial charge in [0, 0.05) is 18.8 Å². The van der Waals surface area contributed by atoms with Gasteiger partial charge in [-0.05, 0) is 37.8 Å². The van der Waals surface area contributed by atoms with Crippen LogP contribution >= 0.6 is 23.4 Å². The molecule has 1 heterocycles. The minimum absolute atomic E-state index is 0.130. The Bertz CT molecular complexity index is 442. The summed E-state index contributed by atoms with van der Waals surface area (Å²) >= 11 is 7.89. The number of carbonyl (C=O) groups is 1. The van der Waals surface area contributed by atoms with Crippen molar-refractivity contribution in [3.8, 4) is 0 Å². The molecule has 1 atom stereocenters. The highest BCUT2D eigenvalue weighted by molar-refractivity contribution is 7.98. The van der Waals surface area contributed by atoms with Gasteiger partial charge in [0.25, 0.3) is 5.91 Å². The fourth-order valence-corrected chi connectivity index (χ4v) is 2.43. The van der Waals surface area contributed by atoms with Gasteiger partial charge in [0.15, 0.2) is 0 Å². The zero-order chi connectivity index (χ0) is 15.0. The van der Waals surface area contributed by atoms with Crippen molar-refractivity contribution in [2.75, 3.05) is 23.9 Å². The number of nitrogens with one attached hydrogen (secondary N) is 2. The topological polar surface area (TPSA) is 54.0 Å². The molecule has 0 spiro atoms. The van der Waals surface area contributed by atoms with Gasteiger partial charge in [-0.25, -0.2) is 4.98 Å². The van der Waals surface area contributed by atoms with E-state index in [1.165, 1.54) is 0 Å². The van der Waals surface area contributed by atoms with E-state index in [0.717, 1.165) is 25.1 Å². The molecule has 20 heavy (non-hydrogen) atoms. The van der Waals surface area contributed by atoms with E-state index in [0.29, 0.717) is 16.4 Å². The first kappa shape index (κ1) is 17.1. The number of hydrogen-bond donors (Lipinski definition) is 2. The highest BCUT2D eigenvalue weighted by atomic mass is 35.5. The SMILES string of the molecule is CCCNc1ncc(C(=O)NC(C)CCSC)cc1Cl. The Morgan fingerprint density at radius 3 is 2.90 bits per heavy atom. The number of nitrogens with zero attached hydrogens (tertiary/aromatic N) is 1. The molecule has 6 heteroatoms. The third-order valence-electron chi connectivity index (χ3n) is 2.78. The van der Waals surface area contributed by atoms with Crippen molar-refractivity contribution in [1.29, 1.82) is 0 Å². The summed E-state index contributed by atoms with van der Waals surface area (Å²) in [4.78, 5) is 16.3. The summed E-state index contributed by atoms with van der Waals surface area (Å²) in [6.45, 7) is 4.88. The highest BCUT2D eigenvalue weighted by Crippen LogP contribution is 2.20. The van der Waals surface area contributed by atoms with E-state index in [-0.39, 0.29) is 11.9 Å². The van der Waals surface area contributed by atoms with Gasteiger partial charge in [0.05, 0.1) is 10.6 Å². The molecule has 0 fully saturated rings. The van der Waals surface area contributed by atoms with Crippen LogP contribution in [0.25, 0.3) is 0 Å². The summed E-state index contributed by atoms with van der Waals surface area (Å²) < 4.78 is 0. The number of rotatable bonds is 8. The number of pyridine rings is 1. The Kier molecular flexibility index (Phi) is 7.77. The van der Waals surface area contributed by atoms with Gasteiger partial charge >= 0.3 is 0 Å². The van der Waals surface area contributed by atoms with Crippen LogP contribution < -0.4 is 10.6 Å². The number of carbonyl (C=O) groups excluding carboxylic acids is 1. The van der Waals surface area contributed by atoms with Crippen molar-refractivity contribution >= 4 is 35.1 Å². The molecule has 1 aromatic rings. The van der Waals surface area contributed by atoms with Crippen molar-refractivity contribution in [3.05, 3.63) is 22.8 Å². The first-order valence-electron chi connectivity index (χ1n) is 6.77. The summed E-state index contributed by atoms with van der Waals surface area (Å²) in [5.74, 6) is 1.52. The third-order valence-corrected chi connectivity index (χ3v) is 3.71. The van der Waals surface area contributed by atoms with Gasteiger partial charge < -0.3 is 10.6 Å². The second kappa shape index (κ2) is 9.08. The summed E-state index contributed by atoms with van der Waals surface area (Å²) in [7, 11) is 0. The Morgan fingerprint density at radius 2 is 2.30 bits per heavy atom. The minimum atomic E-state index is -0.130. The van der Waals surface area contributed by atoms with Crippen molar-refractivity contribution in [2.24, 2.45) is 0 Å². The lowest BCUT2D eigenvalue weighted by molar-refractivity contribution is 0.0939. The average molecular weight is 316 g/mol. The standard InChI is InChI=1S/C14H22ClN3OS/c1-4-6-16-13-12(15)8-11(9-17-13)14(19)18-10(2)5-7-20-3/h8-10H,4-7H2,1-3H3,(H,16,17)(H,18,19). The smallest absolute Gasteiger partial charge is 0.253 e. The Hall–Kier alpha value is -0.940. The van der Waals surface area contributed by atoms with Crippen LogP contribution in [0.4, 0.5) is 5.82 Å². The van der Waals surface area contributed by atoms with Crippen molar-refractivity contribution in [3.63, 3.8) is 0 Å². The summed E-state index contributed by atoms with van der Waals surface area (Å²) in [6.07, 6.45) is 5.55. The van der Waals surface area contributed by atoms with Gasteiger partial charge in [-0.15, -0.1) is 0 Å². The highest BCUT2D eigenvalue weighted by Gasteiger charge is 2.12. The minimum Gasteiger partial charge on any atom is -0.369 e. The van der Waals surface area contributed by atoms with Crippen molar-refractivity contribution in [2.45, 2.75) is 32.7 Å². The van der Waals surface area contributed by atoms with Crippen molar-refractivity contribution in [1.82, 2.24) is 10.3 Å². The van der Waals surface area contributed by atoms with Crippen LogP contribution in [0.2, 0.25) is 5.02 Å². The van der Waals surface area contributed by atoms with Crippen LogP contribution in [0.5, 0.6) is 0 Å². The zero-order valence-electron chi connectivity index (χ0n) is 12.2. The molecule has 4 nitrogen and oxygen atoms in total. The quantitative estimate of drug-likeness (QED) is 0.771. The molecule has 1 aromatic heterocycles. The van der Waals surface area contributed by atoms with E-state index < -0.39 is 0 Å². The molecule has 2 N–H and O–H groups in total. The van der Waals surface area contributed by atoms with Crippen LogP contribution in [-0.4, -0.2) is 35.5 Å². The lowest BCUT2D eigenvalue weighted by atomic mass is 10.2. The molecule has 0 saturated heterocycles. The fraction of sp³-hybridized carbons (Fsp3) is 0.571. The number of anilines is 1. The molecule has 1 amide bonds. The third kappa shape index (κ3) is 5.59. The molecule has 1 unspecified atom stereocenters. The van der Waals surface area contributed by atoms with E-state index >= 15 is 0 Å². The van der Waals surface area contributed by atoms with Crippen LogP contribution in [-0.2, 0) is 0 Å². The predicted octanol–water partition coefficient (Wildman–Crippen LogP) is 3.43. The monoisotopic (exact) mass is 315 g/mol. The molecule has 0 saturated carbocycles. The fourth-order valence-electron chi connectivity index (χ4n) is 1.61. The summed E-state index contributed by atoms with van der Waals surface area (Å²) in [5.41, 5.74) is 0.494.